The van der Waals surface area contributed by atoms with Gasteiger partial charge < -0.3 is 15.4 Å². The summed E-state index contributed by atoms with van der Waals surface area (Å²) < 4.78 is 6.18. The van der Waals surface area contributed by atoms with Crippen molar-refractivity contribution in [2.24, 2.45) is 0 Å². The van der Waals surface area contributed by atoms with Gasteiger partial charge >= 0.3 is 6.09 Å². The summed E-state index contributed by atoms with van der Waals surface area (Å²) in [7, 11) is 0. The van der Waals surface area contributed by atoms with E-state index in [2.05, 4.69) is 33.2 Å². The van der Waals surface area contributed by atoms with Crippen molar-refractivity contribution >= 4 is 40.3 Å². The van der Waals surface area contributed by atoms with Crippen LogP contribution < -0.4 is 15.4 Å². The van der Waals surface area contributed by atoms with Crippen molar-refractivity contribution in [1.29, 1.82) is 0 Å². The third kappa shape index (κ3) is 5.90. The number of halogens is 1. The summed E-state index contributed by atoms with van der Waals surface area (Å²) in [5, 5.41) is 5.37. The molecule has 0 aromatic heterocycles. The number of nitrogens with one attached hydrogen (secondary N) is 2. The number of hydrogen-bond donors (Lipinski definition) is 2. The molecule has 0 unspecified atom stereocenters. The molecule has 0 aliphatic carbocycles. The van der Waals surface area contributed by atoms with E-state index in [0.29, 0.717) is 5.75 Å². The predicted molar refractivity (Wildman–Crippen MR) is 97.6 cm³/mol. The molecule has 0 bridgehead atoms. The molecular formula is C17H17IN2O3. The SMILES string of the molecule is Cc1cc(I)ccc1NC(=O)CCNC(=O)Oc1ccccc1. The highest BCUT2D eigenvalue weighted by molar-refractivity contribution is 14.1. The molecular weight excluding hydrogens is 407 g/mol. The van der Waals surface area contributed by atoms with E-state index in [4.69, 9.17) is 4.74 Å². The van der Waals surface area contributed by atoms with E-state index in [1.54, 1.807) is 24.3 Å². The summed E-state index contributed by atoms with van der Waals surface area (Å²) in [5.41, 5.74) is 1.78. The summed E-state index contributed by atoms with van der Waals surface area (Å²) in [5.74, 6) is 0.304. The van der Waals surface area contributed by atoms with Crippen molar-refractivity contribution in [3.05, 3.63) is 57.7 Å². The molecule has 5 nitrogen and oxygen atoms in total. The zero-order valence-corrected chi connectivity index (χ0v) is 14.8. The van der Waals surface area contributed by atoms with Crippen LogP contribution in [-0.2, 0) is 4.79 Å². The second-order valence-electron chi connectivity index (χ2n) is 4.89. The summed E-state index contributed by atoms with van der Waals surface area (Å²) in [4.78, 5) is 23.5. The Morgan fingerprint density at radius 3 is 2.57 bits per heavy atom. The quantitative estimate of drug-likeness (QED) is 0.720. The molecule has 0 atom stereocenters. The number of para-hydroxylation sites is 1. The number of amides is 2. The Bertz CT molecular complexity index is 689. The third-order valence-corrected chi connectivity index (χ3v) is 3.71. The predicted octanol–water partition coefficient (Wildman–Crippen LogP) is 3.72. The smallest absolute Gasteiger partial charge is 0.410 e. The fourth-order valence-corrected chi connectivity index (χ4v) is 2.54. The zero-order valence-electron chi connectivity index (χ0n) is 12.6. The second-order valence-corrected chi connectivity index (χ2v) is 6.13. The molecule has 2 aromatic rings. The number of hydrogen-bond acceptors (Lipinski definition) is 3. The van der Waals surface area contributed by atoms with Gasteiger partial charge in [0, 0.05) is 22.2 Å². The van der Waals surface area contributed by atoms with Gasteiger partial charge in [-0.05, 0) is 65.4 Å². The highest BCUT2D eigenvalue weighted by atomic mass is 127. The van der Waals surface area contributed by atoms with E-state index in [-0.39, 0.29) is 18.9 Å². The molecule has 0 aliphatic rings. The van der Waals surface area contributed by atoms with E-state index in [9.17, 15) is 9.59 Å². The standard InChI is InChI=1S/C17H17IN2O3/c1-12-11-13(18)7-8-15(12)20-16(21)9-10-19-17(22)23-14-5-3-2-4-6-14/h2-8,11H,9-10H2,1H3,(H,19,22)(H,20,21). The first-order chi connectivity index (χ1) is 11.0. The average molecular weight is 424 g/mol. The highest BCUT2D eigenvalue weighted by Gasteiger charge is 2.07. The Hall–Kier alpha value is -2.09. The van der Waals surface area contributed by atoms with Crippen LogP contribution in [0.4, 0.5) is 10.5 Å². The minimum atomic E-state index is -0.575. The van der Waals surface area contributed by atoms with E-state index in [0.717, 1.165) is 14.8 Å². The van der Waals surface area contributed by atoms with Crippen molar-refractivity contribution in [2.45, 2.75) is 13.3 Å². The van der Waals surface area contributed by atoms with Crippen LogP contribution in [0.1, 0.15) is 12.0 Å². The number of benzene rings is 2. The Kier molecular flexibility index (Phi) is 6.40. The molecule has 0 heterocycles. The van der Waals surface area contributed by atoms with Gasteiger partial charge in [0.05, 0.1) is 0 Å². The first-order valence-corrected chi connectivity index (χ1v) is 8.19. The molecule has 2 amide bonds. The van der Waals surface area contributed by atoms with E-state index < -0.39 is 6.09 Å². The summed E-state index contributed by atoms with van der Waals surface area (Å²) in [6.07, 6.45) is -0.399. The molecule has 2 aromatic carbocycles. The third-order valence-electron chi connectivity index (χ3n) is 3.04. The first kappa shape index (κ1) is 17.3. The maximum absolute atomic E-state index is 11.9. The Labute approximate surface area is 148 Å². The van der Waals surface area contributed by atoms with Crippen LogP contribution >= 0.6 is 22.6 Å². The minimum Gasteiger partial charge on any atom is -0.410 e. The van der Waals surface area contributed by atoms with Crippen LogP contribution in [-0.4, -0.2) is 18.5 Å². The Morgan fingerprint density at radius 2 is 1.87 bits per heavy atom. The molecule has 2 rings (SSSR count). The monoisotopic (exact) mass is 424 g/mol. The maximum Gasteiger partial charge on any atom is 0.412 e. The normalized spacial score (nSPS) is 10.0. The average Bonchev–Trinajstić information content (AvgIpc) is 2.51. The van der Waals surface area contributed by atoms with Crippen molar-refractivity contribution < 1.29 is 14.3 Å². The number of anilines is 1. The van der Waals surface area contributed by atoms with Crippen LogP contribution in [0.5, 0.6) is 5.75 Å². The van der Waals surface area contributed by atoms with Crippen molar-refractivity contribution in [2.75, 3.05) is 11.9 Å². The molecule has 0 saturated heterocycles. The fourth-order valence-electron chi connectivity index (χ4n) is 1.89. The molecule has 0 spiro atoms. The Morgan fingerprint density at radius 1 is 1.13 bits per heavy atom. The van der Waals surface area contributed by atoms with Gasteiger partial charge in [-0.2, -0.15) is 0 Å². The van der Waals surface area contributed by atoms with Gasteiger partial charge in [-0.25, -0.2) is 4.79 Å². The van der Waals surface area contributed by atoms with Gasteiger partial charge in [0.1, 0.15) is 5.75 Å². The van der Waals surface area contributed by atoms with E-state index in [1.165, 1.54) is 0 Å². The van der Waals surface area contributed by atoms with Gasteiger partial charge in [-0.3, -0.25) is 4.79 Å². The first-order valence-electron chi connectivity index (χ1n) is 7.11. The topological polar surface area (TPSA) is 67.4 Å². The Balaban J connectivity index is 1.73. The number of carbonyl (C=O) groups is 2. The lowest BCUT2D eigenvalue weighted by Gasteiger charge is -2.09. The number of rotatable bonds is 5. The lowest BCUT2D eigenvalue weighted by atomic mass is 10.2. The molecule has 0 radical (unpaired) electrons. The van der Waals surface area contributed by atoms with Crippen LogP contribution in [0.25, 0.3) is 0 Å². The second kappa shape index (κ2) is 8.52. The largest absolute Gasteiger partial charge is 0.412 e. The van der Waals surface area contributed by atoms with Gasteiger partial charge in [-0.15, -0.1) is 0 Å². The molecule has 2 N–H and O–H groups in total. The van der Waals surface area contributed by atoms with Crippen molar-refractivity contribution in [3.8, 4) is 5.75 Å². The molecule has 0 fully saturated rings. The zero-order chi connectivity index (χ0) is 16.7. The van der Waals surface area contributed by atoms with Crippen LogP contribution in [0, 0.1) is 10.5 Å². The van der Waals surface area contributed by atoms with Gasteiger partial charge in [0.2, 0.25) is 5.91 Å². The molecule has 0 saturated carbocycles. The lowest BCUT2D eigenvalue weighted by molar-refractivity contribution is -0.116. The number of aryl methyl sites for hydroxylation is 1. The maximum atomic E-state index is 11.9. The van der Waals surface area contributed by atoms with E-state index in [1.807, 2.05) is 31.2 Å². The van der Waals surface area contributed by atoms with Crippen LogP contribution in [0.15, 0.2) is 48.5 Å². The number of carbonyl (C=O) groups excluding carboxylic acids is 2. The summed E-state index contributed by atoms with van der Waals surface area (Å²) in [6, 6.07) is 14.6. The summed E-state index contributed by atoms with van der Waals surface area (Å²) in [6.45, 7) is 2.15. The summed E-state index contributed by atoms with van der Waals surface area (Å²) >= 11 is 2.22. The van der Waals surface area contributed by atoms with Crippen molar-refractivity contribution in [3.63, 3.8) is 0 Å². The van der Waals surface area contributed by atoms with Gasteiger partial charge in [0.25, 0.3) is 0 Å². The molecule has 23 heavy (non-hydrogen) atoms. The molecule has 0 aliphatic heterocycles. The van der Waals surface area contributed by atoms with Gasteiger partial charge in [-0.1, -0.05) is 18.2 Å². The van der Waals surface area contributed by atoms with Crippen molar-refractivity contribution in [1.82, 2.24) is 5.32 Å². The molecule has 6 heteroatoms. The lowest BCUT2D eigenvalue weighted by Crippen LogP contribution is -2.30. The van der Waals surface area contributed by atoms with Gasteiger partial charge in [0.15, 0.2) is 0 Å². The van der Waals surface area contributed by atoms with E-state index >= 15 is 0 Å². The molecule has 120 valence electrons. The van der Waals surface area contributed by atoms with Crippen LogP contribution in [0.3, 0.4) is 0 Å². The minimum absolute atomic E-state index is 0.158. The highest BCUT2D eigenvalue weighted by Crippen LogP contribution is 2.17. The van der Waals surface area contributed by atoms with Crippen LogP contribution in [0.2, 0.25) is 0 Å². The fraction of sp³-hybridized carbons (Fsp3) is 0.176. The number of ether oxygens (including phenoxy) is 1.